The number of rotatable bonds is 11. The van der Waals surface area contributed by atoms with Gasteiger partial charge in [0.2, 0.25) is 5.91 Å². The number of unbranched alkanes of at least 4 members (excludes halogenated alkanes) is 6. The summed E-state index contributed by atoms with van der Waals surface area (Å²) in [6.07, 6.45) is 8.09. The second-order valence-electron chi connectivity index (χ2n) is 6.41. The molecule has 0 aliphatic heterocycles. The molecule has 9 heteroatoms. The van der Waals surface area contributed by atoms with Crippen molar-refractivity contribution in [1.29, 1.82) is 0 Å². The van der Waals surface area contributed by atoms with Crippen molar-refractivity contribution in [2.24, 2.45) is 12.8 Å². The Bertz CT molecular complexity index is 868. The first kappa shape index (κ1) is 20.3. The molecule has 0 unspecified atom stereocenters. The number of imidazole rings is 1. The highest BCUT2D eigenvalue weighted by atomic mass is 32.2. The average molecular weight is 382 g/mol. The topological polar surface area (TPSA) is 116 Å². The normalized spacial score (nSPS) is 11.3. The molecule has 2 aromatic rings. The van der Waals surface area contributed by atoms with Gasteiger partial charge in [-0.1, -0.05) is 57.2 Å². The van der Waals surface area contributed by atoms with Crippen LogP contribution >= 0.6 is 11.8 Å². The molecule has 0 fully saturated rings. The highest BCUT2D eigenvalue weighted by molar-refractivity contribution is 7.99. The molecule has 0 spiro atoms. The third-order valence-electron chi connectivity index (χ3n) is 4.30. The number of carbonyl (C=O) groups excluding carboxylic acids is 1. The molecule has 0 bridgehead atoms. The molecule has 144 valence electrons. The van der Waals surface area contributed by atoms with Gasteiger partial charge in [-0.05, 0) is 6.42 Å². The van der Waals surface area contributed by atoms with Crippen molar-refractivity contribution in [2.45, 2.75) is 63.6 Å². The lowest BCUT2D eigenvalue weighted by Gasteiger charge is -2.08. The maximum atomic E-state index is 12.3. The van der Waals surface area contributed by atoms with Gasteiger partial charge in [-0.15, -0.1) is 0 Å². The lowest BCUT2D eigenvalue weighted by Crippen LogP contribution is -2.29. The number of primary amides is 1. The predicted molar refractivity (Wildman–Crippen MR) is 104 cm³/mol. The molecule has 1 amide bonds. The minimum absolute atomic E-state index is 0.0756. The second-order valence-corrected chi connectivity index (χ2v) is 7.36. The van der Waals surface area contributed by atoms with E-state index in [0.717, 1.165) is 19.3 Å². The first-order valence-electron chi connectivity index (χ1n) is 9.06. The number of hydrogen-bond donors (Lipinski definition) is 2. The molecule has 0 aliphatic carbocycles. The van der Waals surface area contributed by atoms with E-state index in [0.29, 0.717) is 22.9 Å². The lowest BCUT2D eigenvalue weighted by molar-refractivity contribution is -0.115. The van der Waals surface area contributed by atoms with Crippen molar-refractivity contribution >= 4 is 28.8 Å². The summed E-state index contributed by atoms with van der Waals surface area (Å²) in [5, 5.41) is 0.538. The van der Waals surface area contributed by atoms with Gasteiger partial charge < -0.3 is 10.3 Å². The summed E-state index contributed by atoms with van der Waals surface area (Å²) in [7, 11) is 1.56. The summed E-state index contributed by atoms with van der Waals surface area (Å²) < 4.78 is 3.11. The fourth-order valence-electron chi connectivity index (χ4n) is 2.89. The van der Waals surface area contributed by atoms with Crippen LogP contribution in [0.5, 0.6) is 0 Å². The quantitative estimate of drug-likeness (QED) is 0.454. The molecule has 26 heavy (non-hydrogen) atoms. The number of nitrogens with two attached hydrogens (primary N) is 1. The van der Waals surface area contributed by atoms with Crippen LogP contribution in [0.2, 0.25) is 0 Å². The van der Waals surface area contributed by atoms with Crippen LogP contribution in [0.1, 0.15) is 51.9 Å². The van der Waals surface area contributed by atoms with Crippen molar-refractivity contribution in [3.63, 3.8) is 0 Å². The molecule has 8 nitrogen and oxygen atoms in total. The van der Waals surface area contributed by atoms with Gasteiger partial charge in [-0.2, -0.15) is 0 Å². The minimum Gasteiger partial charge on any atom is -0.369 e. The van der Waals surface area contributed by atoms with Crippen LogP contribution in [-0.2, 0) is 18.4 Å². The monoisotopic (exact) mass is 381 g/mol. The number of amides is 1. The molecular formula is C17H27N5O3S. The number of fused-ring (bicyclic) bond motifs is 1. The summed E-state index contributed by atoms with van der Waals surface area (Å²) >= 11 is 1.19. The summed E-state index contributed by atoms with van der Waals surface area (Å²) in [5.74, 6) is -0.376. The Morgan fingerprint density at radius 3 is 2.46 bits per heavy atom. The Morgan fingerprint density at radius 1 is 1.15 bits per heavy atom. The number of nitrogens with zero attached hydrogens (tertiary/aromatic N) is 3. The van der Waals surface area contributed by atoms with Gasteiger partial charge in [0.25, 0.3) is 5.56 Å². The van der Waals surface area contributed by atoms with Crippen LogP contribution < -0.4 is 17.0 Å². The largest absolute Gasteiger partial charge is 0.369 e. The van der Waals surface area contributed by atoms with E-state index in [9.17, 15) is 14.4 Å². The van der Waals surface area contributed by atoms with Crippen LogP contribution in [0.15, 0.2) is 14.7 Å². The lowest BCUT2D eigenvalue weighted by atomic mass is 10.1. The van der Waals surface area contributed by atoms with Gasteiger partial charge in [0.05, 0.1) is 5.75 Å². The highest BCUT2D eigenvalue weighted by Gasteiger charge is 2.17. The van der Waals surface area contributed by atoms with E-state index in [1.807, 2.05) is 0 Å². The van der Waals surface area contributed by atoms with E-state index < -0.39 is 17.2 Å². The predicted octanol–water partition coefficient (Wildman–Crippen LogP) is 1.75. The molecule has 0 saturated heterocycles. The van der Waals surface area contributed by atoms with E-state index in [-0.39, 0.29) is 5.75 Å². The smallest absolute Gasteiger partial charge is 0.329 e. The maximum absolute atomic E-state index is 12.3. The fourth-order valence-corrected chi connectivity index (χ4v) is 3.66. The number of aromatic amines is 1. The summed E-state index contributed by atoms with van der Waals surface area (Å²) in [4.78, 5) is 41.9. The Kier molecular flexibility index (Phi) is 7.50. The van der Waals surface area contributed by atoms with Crippen molar-refractivity contribution in [3.8, 4) is 0 Å². The highest BCUT2D eigenvalue weighted by Crippen LogP contribution is 2.22. The van der Waals surface area contributed by atoms with E-state index in [1.54, 1.807) is 11.6 Å². The standard InChI is InChI=1S/C17H27N5O3S/c1-3-4-5-6-7-8-9-10-22-13-14(19-17(22)26-11-12(18)23)21(2)16(25)20-15(13)24/h3-11H2,1-2H3,(H2,18,23)(H,20,24,25). The summed E-state index contributed by atoms with van der Waals surface area (Å²) in [5.41, 5.74) is 4.96. The maximum Gasteiger partial charge on any atom is 0.329 e. The molecule has 0 atom stereocenters. The van der Waals surface area contributed by atoms with Crippen LogP contribution in [0, 0.1) is 0 Å². The van der Waals surface area contributed by atoms with Gasteiger partial charge in [0.1, 0.15) is 0 Å². The number of H-pyrrole nitrogens is 1. The molecule has 0 aromatic carbocycles. The van der Waals surface area contributed by atoms with Crippen molar-refractivity contribution in [2.75, 3.05) is 5.75 Å². The first-order chi connectivity index (χ1) is 12.5. The Hall–Kier alpha value is -2.03. The van der Waals surface area contributed by atoms with Gasteiger partial charge in [-0.3, -0.25) is 19.1 Å². The summed E-state index contributed by atoms with van der Waals surface area (Å²) in [6, 6.07) is 0. The third-order valence-corrected chi connectivity index (χ3v) is 5.30. The zero-order valence-corrected chi connectivity index (χ0v) is 16.2. The number of carbonyl (C=O) groups is 1. The number of aromatic nitrogens is 4. The number of nitrogens with one attached hydrogen (secondary N) is 1. The molecule has 3 N–H and O–H groups in total. The van der Waals surface area contributed by atoms with E-state index >= 15 is 0 Å². The van der Waals surface area contributed by atoms with Crippen LogP contribution in [0.25, 0.3) is 11.2 Å². The SMILES string of the molecule is CCCCCCCCCn1c(SCC(N)=O)nc2c1c(=O)[nH]c(=O)n2C. The molecule has 0 saturated carbocycles. The van der Waals surface area contributed by atoms with Gasteiger partial charge in [-0.25, -0.2) is 9.78 Å². The van der Waals surface area contributed by atoms with Gasteiger partial charge in [0, 0.05) is 13.6 Å². The first-order valence-corrected chi connectivity index (χ1v) is 10.0. The molecule has 0 radical (unpaired) electrons. The minimum atomic E-state index is -0.505. The summed E-state index contributed by atoms with van der Waals surface area (Å²) in [6.45, 7) is 2.81. The van der Waals surface area contributed by atoms with Gasteiger partial charge in [0.15, 0.2) is 16.3 Å². The average Bonchev–Trinajstić information content (AvgIpc) is 2.96. The zero-order chi connectivity index (χ0) is 19.1. The van der Waals surface area contributed by atoms with Crippen LogP contribution in [0.4, 0.5) is 0 Å². The van der Waals surface area contributed by atoms with E-state index in [1.165, 1.54) is 42.0 Å². The molecular weight excluding hydrogens is 354 g/mol. The van der Waals surface area contributed by atoms with E-state index in [4.69, 9.17) is 5.73 Å². The van der Waals surface area contributed by atoms with Gasteiger partial charge >= 0.3 is 5.69 Å². The van der Waals surface area contributed by atoms with Crippen LogP contribution in [-0.4, -0.2) is 30.8 Å². The molecule has 2 rings (SSSR count). The van der Waals surface area contributed by atoms with Crippen molar-refractivity contribution in [3.05, 3.63) is 20.8 Å². The molecule has 2 aromatic heterocycles. The van der Waals surface area contributed by atoms with Crippen molar-refractivity contribution in [1.82, 2.24) is 19.1 Å². The van der Waals surface area contributed by atoms with Crippen LogP contribution in [0.3, 0.4) is 0 Å². The number of thioether (sulfide) groups is 1. The van der Waals surface area contributed by atoms with E-state index in [2.05, 4.69) is 16.9 Å². The Morgan fingerprint density at radius 2 is 1.81 bits per heavy atom. The third kappa shape index (κ3) is 5.00. The molecule has 0 aliphatic rings. The number of hydrogen-bond acceptors (Lipinski definition) is 5. The molecule has 2 heterocycles. The second kappa shape index (κ2) is 9.61. The fraction of sp³-hybridized carbons (Fsp3) is 0.647. The van der Waals surface area contributed by atoms with Crippen molar-refractivity contribution < 1.29 is 4.79 Å². The Labute approximate surface area is 156 Å². The number of aryl methyl sites for hydroxylation is 2. The Balaban J connectivity index is 2.20. The zero-order valence-electron chi connectivity index (χ0n) is 15.4.